The quantitative estimate of drug-likeness (QED) is 0.475. The van der Waals surface area contributed by atoms with Crippen LogP contribution in [0.15, 0.2) is 53.4 Å². The number of carbonyl (C=O) groups excluding carboxylic acids is 1. The molecular weight excluding hydrogens is 485 g/mol. The van der Waals surface area contributed by atoms with Gasteiger partial charge in [0.25, 0.3) is 0 Å². The fourth-order valence-electron chi connectivity index (χ4n) is 4.98. The summed E-state index contributed by atoms with van der Waals surface area (Å²) in [5.41, 5.74) is 2.14. The van der Waals surface area contributed by atoms with Crippen LogP contribution in [0.2, 0.25) is 0 Å². The number of aromatic nitrogens is 2. The van der Waals surface area contributed by atoms with E-state index in [-0.39, 0.29) is 19.0 Å². The van der Waals surface area contributed by atoms with Crippen LogP contribution in [0.4, 0.5) is 41.0 Å². The van der Waals surface area contributed by atoms with E-state index in [1.165, 1.54) is 6.39 Å². The average molecular weight is 515 g/mol. The van der Waals surface area contributed by atoms with Crippen molar-refractivity contribution < 1.29 is 22.4 Å². The van der Waals surface area contributed by atoms with Crippen LogP contribution in [-0.4, -0.2) is 54.9 Å². The van der Waals surface area contributed by atoms with Crippen molar-refractivity contribution in [1.82, 2.24) is 9.97 Å². The molecule has 1 atom stereocenters. The number of pyridine rings is 1. The fraction of sp³-hybridized carbons (Fsp3) is 0.423. The van der Waals surface area contributed by atoms with Crippen LogP contribution < -0.4 is 20.0 Å². The van der Waals surface area contributed by atoms with Crippen LogP contribution in [0.1, 0.15) is 26.2 Å². The third-order valence-electron chi connectivity index (χ3n) is 6.91. The van der Waals surface area contributed by atoms with Gasteiger partial charge in [-0.3, -0.25) is 4.90 Å². The topological polar surface area (TPSA) is 77.7 Å². The van der Waals surface area contributed by atoms with E-state index in [0.29, 0.717) is 42.6 Å². The van der Waals surface area contributed by atoms with Crippen molar-refractivity contribution in [3.63, 3.8) is 0 Å². The summed E-state index contributed by atoms with van der Waals surface area (Å²) in [5, 5.41) is 2.95. The second kappa shape index (κ2) is 10.3. The third kappa shape index (κ3) is 5.35. The number of piperidine rings is 1. The van der Waals surface area contributed by atoms with E-state index in [1.54, 1.807) is 34.2 Å². The second-order valence-electron chi connectivity index (χ2n) is 9.30. The van der Waals surface area contributed by atoms with Crippen LogP contribution in [-0.2, 0) is 0 Å². The second-order valence-corrected chi connectivity index (χ2v) is 9.30. The summed E-state index contributed by atoms with van der Waals surface area (Å²) in [6.07, 6.45) is -0.0100. The number of hydrogen-bond donors (Lipinski definition) is 1. The van der Waals surface area contributed by atoms with Crippen LogP contribution in [0.3, 0.4) is 0 Å². The van der Waals surface area contributed by atoms with Gasteiger partial charge in [-0.15, -0.1) is 0 Å². The summed E-state index contributed by atoms with van der Waals surface area (Å²) >= 11 is 0. The molecule has 2 aliphatic rings. The molecule has 0 saturated carbocycles. The lowest BCUT2D eigenvalue weighted by Gasteiger charge is -2.35. The Labute approximate surface area is 213 Å². The van der Waals surface area contributed by atoms with Crippen LogP contribution in [0.25, 0.3) is 11.3 Å². The molecule has 1 aromatic carbocycles. The van der Waals surface area contributed by atoms with E-state index in [4.69, 9.17) is 9.40 Å². The predicted octanol–water partition coefficient (Wildman–Crippen LogP) is 5.78. The third-order valence-corrected chi connectivity index (χ3v) is 6.91. The number of amides is 2. The monoisotopic (exact) mass is 514 g/mol. The molecule has 0 spiro atoms. The van der Waals surface area contributed by atoms with Gasteiger partial charge in [-0.1, -0.05) is 12.1 Å². The molecule has 5 rings (SSSR count). The lowest BCUT2D eigenvalue weighted by atomic mass is 9.97. The Kier molecular flexibility index (Phi) is 6.94. The fourth-order valence-corrected chi connectivity index (χ4v) is 4.98. The predicted molar refractivity (Wildman–Crippen MR) is 136 cm³/mol. The molecule has 0 unspecified atom stereocenters. The molecule has 3 aromatic rings. The highest BCUT2D eigenvalue weighted by Gasteiger charge is 2.42. The summed E-state index contributed by atoms with van der Waals surface area (Å²) in [6.45, 7) is 4.29. The first kappa shape index (κ1) is 24.9. The summed E-state index contributed by atoms with van der Waals surface area (Å²) in [4.78, 5) is 27.6. The van der Waals surface area contributed by atoms with Crippen molar-refractivity contribution in [1.29, 1.82) is 0 Å². The van der Waals surface area contributed by atoms with Crippen molar-refractivity contribution >= 4 is 29.0 Å². The number of rotatable bonds is 4. The van der Waals surface area contributed by atoms with Crippen LogP contribution >= 0.6 is 0 Å². The number of hydrogen-bond acceptors (Lipinski definition) is 6. The van der Waals surface area contributed by atoms with Crippen molar-refractivity contribution in [3.8, 4) is 11.3 Å². The zero-order valence-corrected chi connectivity index (χ0v) is 20.5. The molecule has 0 bridgehead atoms. The maximum atomic E-state index is 13.5. The zero-order chi connectivity index (χ0) is 26.0. The van der Waals surface area contributed by atoms with Crippen molar-refractivity contribution in [2.24, 2.45) is 5.92 Å². The standard InChI is InChI=1S/C26H29F3N6O2/c1-2-33-12-5-13-35(25(36)31-20-8-3-6-18(14-20)22-15-30-17-37-22)24-21(33)9-10-23(32-24)34-11-4-7-19(16-34)26(27,28)29/h3,6,8-10,14-15,17,19H,2,4-5,7,11-13,16H2,1H3,(H,31,36)/t19-/m0/s1. The maximum Gasteiger partial charge on any atom is 0.393 e. The summed E-state index contributed by atoms with van der Waals surface area (Å²) in [5.74, 6) is 0.107. The van der Waals surface area contributed by atoms with E-state index < -0.39 is 12.1 Å². The number of anilines is 4. The number of nitrogens with one attached hydrogen (secondary N) is 1. The first-order valence-electron chi connectivity index (χ1n) is 12.5. The van der Waals surface area contributed by atoms with Gasteiger partial charge in [0.15, 0.2) is 18.0 Å². The number of oxazole rings is 1. The molecule has 11 heteroatoms. The van der Waals surface area contributed by atoms with Crippen LogP contribution in [0.5, 0.6) is 0 Å². The number of halogens is 3. The molecule has 196 valence electrons. The van der Waals surface area contributed by atoms with Gasteiger partial charge in [-0.25, -0.2) is 14.8 Å². The number of nitrogens with zero attached hydrogens (tertiary/aromatic N) is 5. The minimum Gasteiger partial charge on any atom is -0.444 e. The summed E-state index contributed by atoms with van der Waals surface area (Å²) < 4.78 is 45.6. The summed E-state index contributed by atoms with van der Waals surface area (Å²) in [7, 11) is 0. The Balaban J connectivity index is 1.43. The van der Waals surface area contributed by atoms with Crippen molar-refractivity contribution in [2.45, 2.75) is 32.4 Å². The molecule has 1 saturated heterocycles. The van der Waals surface area contributed by atoms with E-state index in [9.17, 15) is 18.0 Å². The SMILES string of the molecule is CCN1CCCN(C(=O)Nc2cccc(-c3cnco3)c2)c2nc(N3CCC[C@H](C(F)(F)F)C3)ccc21. The van der Waals surface area contributed by atoms with Gasteiger partial charge in [-0.2, -0.15) is 13.2 Å². The highest BCUT2D eigenvalue weighted by atomic mass is 19.4. The van der Waals surface area contributed by atoms with E-state index in [2.05, 4.69) is 15.2 Å². The van der Waals surface area contributed by atoms with E-state index in [1.807, 2.05) is 25.1 Å². The number of fused-ring (bicyclic) bond motifs is 1. The Bertz CT molecular complexity index is 1230. The first-order chi connectivity index (χ1) is 17.8. The normalized spacial score (nSPS) is 18.4. The molecule has 2 aliphatic heterocycles. The Hall–Kier alpha value is -3.76. The molecule has 0 aliphatic carbocycles. The highest BCUT2D eigenvalue weighted by Crippen LogP contribution is 2.37. The Morgan fingerprint density at radius 3 is 2.78 bits per heavy atom. The molecule has 37 heavy (non-hydrogen) atoms. The van der Waals surface area contributed by atoms with Gasteiger partial charge in [0.1, 0.15) is 5.82 Å². The molecule has 0 radical (unpaired) electrons. The van der Waals surface area contributed by atoms with Gasteiger partial charge in [0, 0.05) is 44.0 Å². The molecule has 2 aromatic heterocycles. The first-order valence-corrected chi connectivity index (χ1v) is 12.5. The Morgan fingerprint density at radius 1 is 1.16 bits per heavy atom. The van der Waals surface area contributed by atoms with E-state index >= 15 is 0 Å². The van der Waals surface area contributed by atoms with Crippen molar-refractivity contribution in [3.05, 3.63) is 49.0 Å². The van der Waals surface area contributed by atoms with Gasteiger partial charge in [0.2, 0.25) is 0 Å². The minimum absolute atomic E-state index is 0.121. The van der Waals surface area contributed by atoms with Gasteiger partial charge >= 0.3 is 12.2 Å². The maximum absolute atomic E-state index is 13.5. The molecule has 8 nitrogen and oxygen atoms in total. The van der Waals surface area contributed by atoms with Crippen molar-refractivity contribution in [2.75, 3.05) is 52.7 Å². The molecular formula is C26H29F3N6O2. The molecule has 1 N–H and O–H groups in total. The zero-order valence-electron chi connectivity index (χ0n) is 20.5. The number of urea groups is 1. The van der Waals surface area contributed by atoms with Gasteiger partial charge in [0.05, 0.1) is 17.8 Å². The molecule has 1 fully saturated rings. The largest absolute Gasteiger partial charge is 0.444 e. The minimum atomic E-state index is -4.24. The lowest BCUT2D eigenvalue weighted by molar-refractivity contribution is -0.176. The highest BCUT2D eigenvalue weighted by molar-refractivity contribution is 6.03. The molecule has 2 amide bonds. The van der Waals surface area contributed by atoms with E-state index in [0.717, 1.165) is 30.8 Å². The van der Waals surface area contributed by atoms with Crippen LogP contribution in [0, 0.1) is 5.92 Å². The number of alkyl halides is 3. The van der Waals surface area contributed by atoms with Gasteiger partial charge < -0.3 is 19.5 Å². The smallest absolute Gasteiger partial charge is 0.393 e. The average Bonchev–Trinajstić information content (AvgIpc) is 3.37. The van der Waals surface area contributed by atoms with Gasteiger partial charge in [-0.05, 0) is 50.5 Å². The summed E-state index contributed by atoms with van der Waals surface area (Å²) in [6, 6.07) is 10.5. The lowest BCUT2D eigenvalue weighted by Crippen LogP contribution is -2.42. The number of benzene rings is 1. The molecule has 4 heterocycles. The Morgan fingerprint density at radius 2 is 2.03 bits per heavy atom. The number of carbonyl (C=O) groups is 1.